The lowest BCUT2D eigenvalue weighted by atomic mass is 9.54. The molecule has 7 heterocycles. The van der Waals surface area contributed by atoms with Gasteiger partial charge in [0.15, 0.2) is 0 Å². The Morgan fingerprint density at radius 1 is 0.792 bits per heavy atom. The maximum Gasteiger partial charge on any atom is 0.0958 e. The van der Waals surface area contributed by atoms with Gasteiger partial charge in [0, 0.05) is 40.4 Å². The summed E-state index contributed by atoms with van der Waals surface area (Å²) in [5.41, 5.74) is 1.13. The minimum Gasteiger partial charge on any atom is -0.220 e. The molecule has 3 aliphatic carbocycles. The molecule has 10 aliphatic rings. The summed E-state index contributed by atoms with van der Waals surface area (Å²) >= 11 is 0. The van der Waals surface area contributed by atoms with Crippen molar-refractivity contribution >= 4 is 0 Å². The third-order valence-corrected chi connectivity index (χ3v) is 10.9. The van der Waals surface area contributed by atoms with Gasteiger partial charge >= 0.3 is 0 Å². The van der Waals surface area contributed by atoms with Gasteiger partial charge in [0.2, 0.25) is 0 Å². The van der Waals surface area contributed by atoms with E-state index in [0.29, 0.717) is 16.5 Å². The lowest BCUT2D eigenvalue weighted by molar-refractivity contribution is -0.471. The standard InChI is InChI=1S/C20H32N4/c1-17(2)19(5)13-14-16-12-9-7-8-11(12)15(13)21-10-22(19)24(20(14,17)6)18(3,4)23(16)21/h11-16H,7-10H2,1-6H3/t11-,12+,13+,14-,15-,16+,19-,20+/m1/s1. The predicted molar refractivity (Wildman–Crippen MR) is 92.3 cm³/mol. The Morgan fingerprint density at radius 2 is 1.42 bits per heavy atom. The molecule has 4 unspecified atom stereocenters. The Morgan fingerprint density at radius 3 is 2.12 bits per heavy atom. The zero-order chi connectivity index (χ0) is 16.6. The van der Waals surface area contributed by atoms with Gasteiger partial charge in [0.25, 0.3) is 0 Å². The molecule has 10 bridgehead atoms. The molecule has 7 aliphatic heterocycles. The van der Waals surface area contributed by atoms with E-state index in [1.807, 2.05) is 0 Å². The molecule has 132 valence electrons. The second-order valence-corrected chi connectivity index (χ2v) is 11.3. The summed E-state index contributed by atoms with van der Waals surface area (Å²) in [6.07, 6.45) is 4.47. The van der Waals surface area contributed by atoms with Crippen molar-refractivity contribution in [1.29, 1.82) is 0 Å². The van der Waals surface area contributed by atoms with Gasteiger partial charge in [-0.15, -0.1) is 0 Å². The van der Waals surface area contributed by atoms with Crippen molar-refractivity contribution in [2.24, 2.45) is 29.1 Å². The second-order valence-electron chi connectivity index (χ2n) is 11.3. The van der Waals surface area contributed by atoms with Crippen LogP contribution < -0.4 is 0 Å². The van der Waals surface area contributed by atoms with Crippen LogP contribution in [0.3, 0.4) is 0 Å². The minimum atomic E-state index is 0.125. The molecular weight excluding hydrogens is 296 g/mol. The third-order valence-electron chi connectivity index (χ3n) is 10.9. The van der Waals surface area contributed by atoms with E-state index >= 15 is 0 Å². The fraction of sp³-hybridized carbons (Fsp3) is 1.00. The van der Waals surface area contributed by atoms with Gasteiger partial charge < -0.3 is 0 Å². The molecule has 4 heteroatoms. The van der Waals surface area contributed by atoms with Crippen molar-refractivity contribution < 1.29 is 0 Å². The first-order valence-electron chi connectivity index (χ1n) is 10.3. The Kier molecular flexibility index (Phi) is 1.90. The largest absolute Gasteiger partial charge is 0.220 e. The molecule has 0 spiro atoms. The molecule has 3 saturated carbocycles. The van der Waals surface area contributed by atoms with Gasteiger partial charge in [-0.2, -0.15) is 0 Å². The Bertz CT molecular complexity index is 687. The molecule has 10 fully saturated rings. The van der Waals surface area contributed by atoms with Gasteiger partial charge in [-0.3, -0.25) is 0 Å². The quantitative estimate of drug-likeness (QED) is 0.678. The molecule has 0 aromatic carbocycles. The smallest absolute Gasteiger partial charge is 0.0958 e. The molecule has 4 nitrogen and oxygen atoms in total. The number of hydrogen-bond acceptors (Lipinski definition) is 4. The summed E-state index contributed by atoms with van der Waals surface area (Å²) in [6, 6.07) is 1.61. The Labute approximate surface area is 146 Å². The highest BCUT2D eigenvalue weighted by Gasteiger charge is 2.91. The average molecular weight is 329 g/mol. The second kappa shape index (κ2) is 3.26. The van der Waals surface area contributed by atoms with E-state index < -0.39 is 0 Å². The van der Waals surface area contributed by atoms with Crippen molar-refractivity contribution in [1.82, 2.24) is 20.0 Å². The van der Waals surface area contributed by atoms with Crippen LogP contribution in [0.1, 0.15) is 60.8 Å². The molecule has 0 radical (unpaired) electrons. The minimum absolute atomic E-state index is 0.125. The first kappa shape index (κ1) is 14.0. The van der Waals surface area contributed by atoms with Crippen LogP contribution in [0.4, 0.5) is 0 Å². The first-order chi connectivity index (χ1) is 11.2. The lowest BCUT2D eigenvalue weighted by Crippen LogP contribution is -2.96. The van der Waals surface area contributed by atoms with Crippen molar-refractivity contribution in [2.45, 2.75) is 89.6 Å². The summed E-state index contributed by atoms with van der Waals surface area (Å²) in [5, 5.41) is 11.4. The molecule has 7 saturated heterocycles. The number of hydrazine groups is 2. The van der Waals surface area contributed by atoms with Crippen molar-refractivity contribution in [3.8, 4) is 0 Å². The van der Waals surface area contributed by atoms with Crippen LogP contribution in [0.25, 0.3) is 0 Å². The van der Waals surface area contributed by atoms with Crippen molar-refractivity contribution in [2.75, 3.05) is 6.67 Å². The molecule has 0 aromatic rings. The molecule has 0 aromatic heterocycles. The van der Waals surface area contributed by atoms with Crippen LogP contribution in [0.15, 0.2) is 0 Å². The van der Waals surface area contributed by atoms with Crippen LogP contribution in [0, 0.1) is 29.1 Å². The summed E-state index contributed by atoms with van der Waals surface area (Å²) in [6.45, 7) is 16.7. The number of hydrogen-bond donors (Lipinski definition) is 0. The summed E-state index contributed by atoms with van der Waals surface area (Å²) < 4.78 is 0. The normalized spacial score (nSPS) is 73.8. The van der Waals surface area contributed by atoms with E-state index in [1.54, 1.807) is 0 Å². The van der Waals surface area contributed by atoms with Crippen LogP contribution in [0.5, 0.6) is 0 Å². The van der Waals surface area contributed by atoms with Crippen LogP contribution in [-0.2, 0) is 0 Å². The monoisotopic (exact) mass is 328 g/mol. The fourth-order valence-electron chi connectivity index (χ4n) is 10.1. The average Bonchev–Trinajstić information content (AvgIpc) is 3.07. The third kappa shape index (κ3) is 0.880. The maximum absolute atomic E-state index is 2.89. The fourth-order valence-corrected chi connectivity index (χ4v) is 10.1. The van der Waals surface area contributed by atoms with Crippen molar-refractivity contribution in [3.05, 3.63) is 0 Å². The van der Waals surface area contributed by atoms with E-state index in [4.69, 9.17) is 0 Å². The SMILES string of the molecule is CC1(C)N2[C@H]3[C@H]4CCC[C@H]4[C@@H]4[C@@H]5[C@H]3[C@]3(C)N1N(CN42)[C@@]5(C)C3(C)C. The van der Waals surface area contributed by atoms with E-state index in [9.17, 15) is 0 Å². The zero-order valence-electron chi connectivity index (χ0n) is 16.1. The number of rotatable bonds is 0. The summed E-state index contributed by atoms with van der Waals surface area (Å²) in [7, 11) is 0. The van der Waals surface area contributed by atoms with E-state index in [2.05, 4.69) is 61.6 Å². The van der Waals surface area contributed by atoms with Gasteiger partial charge in [-0.25, -0.2) is 20.0 Å². The van der Waals surface area contributed by atoms with Gasteiger partial charge in [-0.1, -0.05) is 20.3 Å². The van der Waals surface area contributed by atoms with Crippen LogP contribution in [-0.4, -0.2) is 55.5 Å². The van der Waals surface area contributed by atoms with E-state index in [0.717, 1.165) is 42.4 Å². The van der Waals surface area contributed by atoms with E-state index in [1.165, 1.54) is 19.3 Å². The molecule has 0 N–H and O–H groups in total. The van der Waals surface area contributed by atoms with Crippen LogP contribution in [0.2, 0.25) is 0 Å². The van der Waals surface area contributed by atoms with Crippen molar-refractivity contribution in [3.63, 3.8) is 0 Å². The van der Waals surface area contributed by atoms with Gasteiger partial charge in [0.1, 0.15) is 0 Å². The lowest BCUT2D eigenvalue weighted by Gasteiger charge is -2.83. The topological polar surface area (TPSA) is 13.0 Å². The zero-order valence-corrected chi connectivity index (χ0v) is 16.1. The molecule has 24 heavy (non-hydrogen) atoms. The highest BCUT2D eigenvalue weighted by Crippen LogP contribution is 2.81. The highest BCUT2D eigenvalue weighted by atomic mass is 15.9. The molecule has 12 atom stereocenters. The summed E-state index contributed by atoms with van der Waals surface area (Å²) in [4.78, 5) is 0. The first-order valence-corrected chi connectivity index (χ1v) is 10.3. The number of nitrogens with zero attached hydrogens (tertiary/aromatic N) is 4. The predicted octanol–water partition coefficient (Wildman–Crippen LogP) is 2.73. The summed E-state index contributed by atoms with van der Waals surface area (Å²) in [5.74, 6) is 3.69. The molecular formula is C20H32N4. The molecule has 0 amide bonds. The van der Waals surface area contributed by atoms with Gasteiger partial charge in [0.05, 0.1) is 12.3 Å². The Balaban J connectivity index is 1.60. The highest BCUT2D eigenvalue weighted by molar-refractivity contribution is 5.40. The van der Waals surface area contributed by atoms with Crippen LogP contribution >= 0.6 is 0 Å². The molecule has 10 rings (SSSR count). The van der Waals surface area contributed by atoms with Gasteiger partial charge in [-0.05, 0) is 52.4 Å². The van der Waals surface area contributed by atoms with E-state index in [-0.39, 0.29) is 5.66 Å². The Hall–Kier alpha value is -0.160. The maximum atomic E-state index is 2.89.